The number of hydrogen-bond donors (Lipinski definition) is 1. The van der Waals surface area contributed by atoms with Gasteiger partial charge in [-0.05, 0) is 42.3 Å². The Hall–Kier alpha value is -2.39. The summed E-state index contributed by atoms with van der Waals surface area (Å²) in [6.07, 6.45) is -0.0691. The zero-order valence-corrected chi connectivity index (χ0v) is 18.0. The first-order chi connectivity index (χ1) is 13.1. The van der Waals surface area contributed by atoms with Crippen LogP contribution in [-0.4, -0.2) is 34.6 Å². The number of nitrogens with one attached hydrogen (secondary N) is 1. The minimum atomic E-state index is -3.88. The highest BCUT2D eigenvalue weighted by molar-refractivity contribution is 9.10. The summed E-state index contributed by atoms with van der Waals surface area (Å²) in [5.74, 6) is -1.55. The first-order valence-electron chi connectivity index (χ1n) is 8.18. The van der Waals surface area contributed by atoms with E-state index in [2.05, 4.69) is 25.4 Å². The zero-order chi connectivity index (χ0) is 20.9. The van der Waals surface area contributed by atoms with Crippen LogP contribution in [0.1, 0.15) is 27.0 Å². The van der Waals surface area contributed by atoms with E-state index in [1.54, 1.807) is 30.3 Å². The first-order valence-corrected chi connectivity index (χ1v) is 10.6. The van der Waals surface area contributed by atoms with E-state index in [1.165, 1.54) is 20.3 Å². The van der Waals surface area contributed by atoms with Gasteiger partial charge in [0.1, 0.15) is 0 Å². The van der Waals surface area contributed by atoms with Gasteiger partial charge in [0.25, 0.3) is 0 Å². The number of rotatable bonds is 7. The number of sulfonamides is 1. The summed E-state index contributed by atoms with van der Waals surface area (Å²) in [5.41, 5.74) is 2.11. The van der Waals surface area contributed by atoms with Crippen LogP contribution in [0, 0.1) is 6.92 Å². The lowest BCUT2D eigenvalue weighted by atomic mass is 10.1. The Bertz CT molecular complexity index is 1000. The number of carbonyl (C=O) groups is 2. The molecule has 0 aliphatic carbocycles. The highest BCUT2D eigenvalue weighted by Gasteiger charge is 2.20. The van der Waals surface area contributed by atoms with Gasteiger partial charge in [0.05, 0.1) is 37.6 Å². The van der Waals surface area contributed by atoms with Crippen molar-refractivity contribution in [2.45, 2.75) is 19.1 Å². The minimum Gasteiger partial charge on any atom is -0.469 e. The van der Waals surface area contributed by atoms with Crippen molar-refractivity contribution >= 4 is 43.6 Å². The predicted molar refractivity (Wildman–Crippen MR) is 109 cm³/mol. The van der Waals surface area contributed by atoms with Crippen molar-refractivity contribution in [3.8, 4) is 0 Å². The van der Waals surface area contributed by atoms with E-state index in [0.717, 1.165) is 5.56 Å². The van der Waals surface area contributed by atoms with E-state index < -0.39 is 27.7 Å². The molecule has 150 valence electrons. The molecule has 2 rings (SSSR count). The molecule has 0 saturated carbocycles. The third kappa shape index (κ3) is 5.80. The molecule has 0 amide bonds. The van der Waals surface area contributed by atoms with Gasteiger partial charge in [-0.2, -0.15) is 0 Å². The molecule has 7 nitrogen and oxygen atoms in total. The molecule has 0 aromatic heterocycles. The second-order valence-corrected chi connectivity index (χ2v) is 8.71. The Morgan fingerprint density at radius 1 is 1.04 bits per heavy atom. The fourth-order valence-corrected chi connectivity index (χ4v) is 4.26. The molecule has 2 aromatic rings. The molecule has 9 heteroatoms. The van der Waals surface area contributed by atoms with Gasteiger partial charge >= 0.3 is 11.9 Å². The summed E-state index contributed by atoms with van der Waals surface area (Å²) in [6, 6.07) is 9.72. The van der Waals surface area contributed by atoms with Crippen LogP contribution in [-0.2, 0) is 36.5 Å². The van der Waals surface area contributed by atoms with Crippen LogP contribution in [0.25, 0.3) is 0 Å². The maximum absolute atomic E-state index is 12.7. The van der Waals surface area contributed by atoms with Crippen molar-refractivity contribution < 1.29 is 27.5 Å². The van der Waals surface area contributed by atoms with E-state index >= 15 is 0 Å². The topological polar surface area (TPSA) is 98.8 Å². The lowest BCUT2D eigenvalue weighted by Crippen LogP contribution is -2.19. The van der Waals surface area contributed by atoms with E-state index in [0.29, 0.717) is 10.0 Å². The van der Waals surface area contributed by atoms with E-state index in [-0.39, 0.29) is 23.2 Å². The zero-order valence-electron chi connectivity index (χ0n) is 15.6. The SMILES string of the molecule is COC(=O)Cc1cc(C)ccc1NS(=O)(=O)Cc1cc(Br)ccc1C(=O)OC. The van der Waals surface area contributed by atoms with Gasteiger partial charge in [-0.15, -0.1) is 0 Å². The van der Waals surface area contributed by atoms with Crippen molar-refractivity contribution in [2.24, 2.45) is 0 Å². The number of halogens is 1. The van der Waals surface area contributed by atoms with Gasteiger partial charge in [-0.1, -0.05) is 33.6 Å². The fourth-order valence-electron chi connectivity index (χ4n) is 2.60. The van der Waals surface area contributed by atoms with Crippen LogP contribution in [0.5, 0.6) is 0 Å². The smallest absolute Gasteiger partial charge is 0.338 e. The number of carbonyl (C=O) groups excluding carboxylic acids is 2. The molecule has 28 heavy (non-hydrogen) atoms. The van der Waals surface area contributed by atoms with Crippen molar-refractivity contribution in [1.82, 2.24) is 0 Å². The van der Waals surface area contributed by atoms with Crippen LogP contribution in [0.4, 0.5) is 5.69 Å². The molecule has 0 fully saturated rings. The molecule has 0 bridgehead atoms. The van der Waals surface area contributed by atoms with Gasteiger partial charge in [0.2, 0.25) is 10.0 Å². The van der Waals surface area contributed by atoms with Crippen LogP contribution in [0.3, 0.4) is 0 Å². The number of ether oxygens (including phenoxy) is 2. The largest absolute Gasteiger partial charge is 0.469 e. The molecule has 0 saturated heterocycles. The van der Waals surface area contributed by atoms with Crippen LogP contribution in [0.15, 0.2) is 40.9 Å². The van der Waals surface area contributed by atoms with Crippen LogP contribution >= 0.6 is 15.9 Å². The number of methoxy groups -OCH3 is 2. The van der Waals surface area contributed by atoms with Gasteiger partial charge < -0.3 is 9.47 Å². The maximum Gasteiger partial charge on any atom is 0.338 e. The predicted octanol–water partition coefficient (Wildman–Crippen LogP) is 3.20. The van der Waals surface area contributed by atoms with Crippen LogP contribution < -0.4 is 4.72 Å². The van der Waals surface area contributed by atoms with Crippen molar-refractivity contribution in [1.29, 1.82) is 0 Å². The van der Waals surface area contributed by atoms with Gasteiger partial charge in [-0.3, -0.25) is 9.52 Å². The van der Waals surface area contributed by atoms with Gasteiger partial charge in [-0.25, -0.2) is 13.2 Å². The second kappa shape index (κ2) is 9.20. The Morgan fingerprint density at radius 2 is 1.75 bits per heavy atom. The third-order valence-corrected chi connectivity index (χ3v) is 5.62. The minimum absolute atomic E-state index is 0.0691. The second-order valence-electron chi connectivity index (χ2n) is 6.07. The molecule has 0 radical (unpaired) electrons. The Labute approximate surface area is 172 Å². The van der Waals surface area contributed by atoms with E-state index in [9.17, 15) is 18.0 Å². The average molecular weight is 470 g/mol. The monoisotopic (exact) mass is 469 g/mol. The normalized spacial score (nSPS) is 11.0. The van der Waals surface area contributed by atoms with Crippen molar-refractivity contribution in [3.63, 3.8) is 0 Å². The Balaban J connectivity index is 2.34. The van der Waals surface area contributed by atoms with E-state index in [4.69, 9.17) is 4.74 Å². The summed E-state index contributed by atoms with van der Waals surface area (Å²) < 4.78 is 38.0. The number of hydrogen-bond acceptors (Lipinski definition) is 6. The van der Waals surface area contributed by atoms with Gasteiger partial charge in [0, 0.05) is 4.47 Å². The summed E-state index contributed by atoms with van der Waals surface area (Å²) in [4.78, 5) is 23.6. The molecular weight excluding hydrogens is 450 g/mol. The van der Waals surface area contributed by atoms with Crippen LogP contribution in [0.2, 0.25) is 0 Å². The van der Waals surface area contributed by atoms with E-state index in [1.807, 2.05) is 6.92 Å². The van der Waals surface area contributed by atoms with Gasteiger partial charge in [0.15, 0.2) is 0 Å². The molecular formula is C19H20BrNO6S. The standard InChI is InChI=1S/C19H20BrNO6S/c1-12-4-7-17(13(8-12)10-18(22)26-2)21-28(24,25)11-14-9-15(20)5-6-16(14)19(23)27-3/h4-9,21H,10-11H2,1-3H3. The number of aryl methyl sites for hydroxylation is 1. The molecule has 0 unspecified atom stereocenters. The summed E-state index contributed by atoms with van der Waals surface area (Å²) >= 11 is 3.28. The van der Waals surface area contributed by atoms with Crippen molar-refractivity contribution in [2.75, 3.05) is 18.9 Å². The highest BCUT2D eigenvalue weighted by atomic mass is 79.9. The number of benzene rings is 2. The quantitative estimate of drug-likeness (QED) is 0.625. The molecule has 0 aliphatic heterocycles. The maximum atomic E-state index is 12.7. The average Bonchev–Trinajstić information content (AvgIpc) is 2.63. The summed E-state index contributed by atoms with van der Waals surface area (Å²) in [7, 11) is -1.38. The number of anilines is 1. The molecule has 1 N–H and O–H groups in total. The molecule has 2 aromatic carbocycles. The lowest BCUT2D eigenvalue weighted by Gasteiger charge is -2.14. The molecule has 0 spiro atoms. The lowest BCUT2D eigenvalue weighted by molar-refractivity contribution is -0.139. The summed E-state index contributed by atoms with van der Waals surface area (Å²) in [6.45, 7) is 1.84. The highest BCUT2D eigenvalue weighted by Crippen LogP contribution is 2.24. The first kappa shape index (κ1) is 21.9. The molecule has 0 atom stereocenters. The molecule has 0 heterocycles. The third-order valence-electron chi connectivity index (χ3n) is 3.91. The number of esters is 2. The fraction of sp³-hybridized carbons (Fsp3) is 0.263. The Kier molecular flexibility index (Phi) is 7.20. The van der Waals surface area contributed by atoms with Crippen molar-refractivity contribution in [3.05, 3.63) is 63.1 Å². The molecule has 0 aliphatic rings. The Morgan fingerprint density at radius 3 is 2.39 bits per heavy atom. The summed E-state index contributed by atoms with van der Waals surface area (Å²) in [5, 5.41) is 0.